The van der Waals surface area contributed by atoms with Gasteiger partial charge >= 0.3 is 0 Å². The first-order valence-electron chi connectivity index (χ1n) is 8.03. The Morgan fingerprint density at radius 2 is 1.89 bits per heavy atom. The lowest BCUT2D eigenvalue weighted by Gasteiger charge is -2.17. The number of halogens is 1. The minimum absolute atomic E-state index is 0.0521. The highest BCUT2D eigenvalue weighted by molar-refractivity contribution is 7.89. The van der Waals surface area contributed by atoms with Crippen molar-refractivity contribution in [1.82, 2.24) is 9.73 Å². The van der Waals surface area contributed by atoms with Crippen molar-refractivity contribution in [2.24, 2.45) is 5.10 Å². The molecule has 0 aromatic heterocycles. The van der Waals surface area contributed by atoms with Crippen molar-refractivity contribution in [1.29, 1.82) is 0 Å². The number of benzene rings is 2. The van der Waals surface area contributed by atoms with Gasteiger partial charge in [0.1, 0.15) is 5.82 Å². The number of nitrogens with zero attached hydrogens (tertiary/aromatic N) is 2. The van der Waals surface area contributed by atoms with Gasteiger partial charge in [0.05, 0.1) is 31.9 Å². The van der Waals surface area contributed by atoms with Crippen molar-refractivity contribution in [3.63, 3.8) is 0 Å². The van der Waals surface area contributed by atoms with Gasteiger partial charge in [0.2, 0.25) is 10.0 Å². The molecule has 0 saturated carbocycles. The molecule has 0 spiro atoms. The van der Waals surface area contributed by atoms with Crippen LogP contribution in [-0.4, -0.2) is 52.7 Å². The van der Waals surface area contributed by atoms with E-state index in [1.54, 1.807) is 6.07 Å². The fraction of sp³-hybridized carbons (Fsp3) is 0.222. The summed E-state index contributed by atoms with van der Waals surface area (Å²) in [5.74, 6) is -0.454. The molecule has 0 unspecified atom stereocenters. The van der Waals surface area contributed by atoms with Crippen LogP contribution in [0.1, 0.15) is 5.56 Å². The zero-order chi connectivity index (χ0) is 20.7. The lowest BCUT2D eigenvalue weighted by molar-refractivity contribution is -0.121. The van der Waals surface area contributed by atoms with Gasteiger partial charge in [0.25, 0.3) is 5.91 Å². The van der Waals surface area contributed by atoms with Crippen molar-refractivity contribution in [3.8, 4) is 11.5 Å². The third-order valence-electron chi connectivity index (χ3n) is 3.68. The molecule has 0 aliphatic rings. The second kappa shape index (κ2) is 9.29. The first-order valence-corrected chi connectivity index (χ1v) is 9.47. The number of amides is 1. The Hall–Kier alpha value is -2.98. The number of methoxy groups -OCH3 is 2. The van der Waals surface area contributed by atoms with E-state index in [0.717, 1.165) is 4.31 Å². The normalized spacial score (nSPS) is 11.6. The SMILES string of the molecule is COc1ccc(S(=O)(=O)N(C)CC(=O)N/N=C\c2cccc(F)c2)cc1OC. The Balaban J connectivity index is 2.04. The van der Waals surface area contributed by atoms with Crippen LogP contribution in [0.3, 0.4) is 0 Å². The molecule has 1 amide bonds. The van der Waals surface area contributed by atoms with E-state index in [-0.39, 0.29) is 10.6 Å². The number of likely N-dealkylation sites (N-methyl/N-ethyl adjacent to an activating group) is 1. The first-order chi connectivity index (χ1) is 13.3. The monoisotopic (exact) mass is 409 g/mol. The molecule has 28 heavy (non-hydrogen) atoms. The topological polar surface area (TPSA) is 97.3 Å². The molecule has 10 heteroatoms. The van der Waals surface area contributed by atoms with Crippen LogP contribution >= 0.6 is 0 Å². The van der Waals surface area contributed by atoms with E-state index in [0.29, 0.717) is 11.3 Å². The van der Waals surface area contributed by atoms with Crippen molar-refractivity contribution in [2.75, 3.05) is 27.8 Å². The summed E-state index contributed by atoms with van der Waals surface area (Å²) in [4.78, 5) is 11.9. The van der Waals surface area contributed by atoms with Crippen LogP contribution in [0, 0.1) is 5.82 Å². The highest BCUT2D eigenvalue weighted by Gasteiger charge is 2.24. The summed E-state index contributed by atoms with van der Waals surface area (Å²) in [5, 5.41) is 3.69. The van der Waals surface area contributed by atoms with Gasteiger partial charge in [-0.05, 0) is 29.8 Å². The maximum absolute atomic E-state index is 13.1. The summed E-state index contributed by atoms with van der Waals surface area (Å²) in [6.07, 6.45) is 1.25. The van der Waals surface area contributed by atoms with E-state index in [1.165, 1.54) is 63.9 Å². The van der Waals surface area contributed by atoms with Crippen LogP contribution in [0.5, 0.6) is 11.5 Å². The number of hydrogen-bond donors (Lipinski definition) is 1. The maximum atomic E-state index is 13.1. The Bertz CT molecular complexity index is 979. The molecule has 0 radical (unpaired) electrons. The highest BCUT2D eigenvalue weighted by Crippen LogP contribution is 2.30. The number of carbonyl (C=O) groups excluding carboxylic acids is 1. The number of sulfonamides is 1. The molecule has 0 saturated heterocycles. The van der Waals surface area contributed by atoms with Crippen molar-refractivity contribution >= 4 is 22.1 Å². The third kappa shape index (κ3) is 5.27. The van der Waals surface area contributed by atoms with Gasteiger partial charge in [-0.2, -0.15) is 9.41 Å². The second-order valence-corrected chi connectivity index (χ2v) is 7.67. The summed E-state index contributed by atoms with van der Waals surface area (Å²) >= 11 is 0. The van der Waals surface area contributed by atoms with Gasteiger partial charge in [-0.3, -0.25) is 4.79 Å². The van der Waals surface area contributed by atoms with Gasteiger partial charge in [0.15, 0.2) is 11.5 Å². The predicted molar refractivity (Wildman–Crippen MR) is 101 cm³/mol. The second-order valence-electron chi connectivity index (χ2n) is 5.63. The number of hydrazone groups is 1. The highest BCUT2D eigenvalue weighted by atomic mass is 32.2. The predicted octanol–water partition coefficient (Wildman–Crippen LogP) is 1.61. The molecule has 0 bridgehead atoms. The standard InChI is InChI=1S/C18H20FN3O5S/c1-22(12-18(23)21-20-11-13-5-4-6-14(19)9-13)28(24,25)15-7-8-16(26-2)17(10-15)27-3/h4-11H,12H2,1-3H3,(H,21,23)/b20-11-. The molecule has 2 rings (SSSR count). The van der Waals surface area contributed by atoms with Crippen LogP contribution in [0.2, 0.25) is 0 Å². The average molecular weight is 409 g/mol. The molecule has 2 aromatic carbocycles. The van der Waals surface area contributed by atoms with E-state index in [2.05, 4.69) is 10.5 Å². The van der Waals surface area contributed by atoms with Crippen molar-refractivity contribution < 1.29 is 27.1 Å². The van der Waals surface area contributed by atoms with Crippen LogP contribution in [0.4, 0.5) is 4.39 Å². The summed E-state index contributed by atoms with van der Waals surface area (Å²) in [5.41, 5.74) is 2.65. The molecule has 0 aliphatic carbocycles. The van der Waals surface area contributed by atoms with Crippen LogP contribution < -0.4 is 14.9 Å². The van der Waals surface area contributed by atoms with Gasteiger partial charge in [-0.15, -0.1) is 0 Å². The Kier molecular flexibility index (Phi) is 7.07. The van der Waals surface area contributed by atoms with Crippen LogP contribution in [0.15, 0.2) is 52.5 Å². The molecule has 0 fully saturated rings. The molecular formula is C18H20FN3O5S. The van der Waals surface area contributed by atoms with Crippen molar-refractivity contribution in [2.45, 2.75) is 4.90 Å². The van der Waals surface area contributed by atoms with Gasteiger partial charge in [-0.25, -0.2) is 18.2 Å². The van der Waals surface area contributed by atoms with Crippen LogP contribution in [0.25, 0.3) is 0 Å². The van der Waals surface area contributed by atoms with Gasteiger partial charge in [0, 0.05) is 13.1 Å². The molecule has 1 N–H and O–H groups in total. The lowest BCUT2D eigenvalue weighted by atomic mass is 10.2. The molecule has 0 aliphatic heterocycles. The van der Waals surface area contributed by atoms with Gasteiger partial charge in [-0.1, -0.05) is 12.1 Å². The zero-order valence-electron chi connectivity index (χ0n) is 15.5. The summed E-state index contributed by atoms with van der Waals surface area (Å²) in [7, 11) is 0.155. The van der Waals surface area contributed by atoms with Crippen molar-refractivity contribution in [3.05, 3.63) is 53.8 Å². The molecule has 8 nitrogen and oxygen atoms in total. The Labute approximate surface area is 162 Å². The number of nitrogens with one attached hydrogen (secondary N) is 1. The van der Waals surface area contributed by atoms with E-state index >= 15 is 0 Å². The van der Waals surface area contributed by atoms with E-state index in [9.17, 15) is 17.6 Å². The maximum Gasteiger partial charge on any atom is 0.255 e. The molecule has 2 aromatic rings. The molecule has 150 valence electrons. The fourth-order valence-electron chi connectivity index (χ4n) is 2.25. The zero-order valence-corrected chi connectivity index (χ0v) is 16.4. The van der Waals surface area contributed by atoms with Gasteiger partial charge < -0.3 is 9.47 Å². The molecular weight excluding hydrogens is 389 g/mol. The minimum atomic E-state index is -3.94. The number of hydrogen-bond acceptors (Lipinski definition) is 6. The van der Waals surface area contributed by atoms with E-state index in [4.69, 9.17) is 9.47 Å². The quantitative estimate of drug-likeness (QED) is 0.528. The Morgan fingerprint density at radius 1 is 1.18 bits per heavy atom. The molecule has 0 atom stereocenters. The summed E-state index contributed by atoms with van der Waals surface area (Å²) < 4.78 is 49.4. The lowest BCUT2D eigenvalue weighted by Crippen LogP contribution is -2.36. The van der Waals surface area contributed by atoms with E-state index < -0.39 is 28.3 Å². The summed E-state index contributed by atoms with van der Waals surface area (Å²) in [6, 6.07) is 9.75. The Morgan fingerprint density at radius 3 is 2.54 bits per heavy atom. The average Bonchev–Trinajstić information content (AvgIpc) is 2.67. The number of carbonyl (C=O) groups is 1. The third-order valence-corrected chi connectivity index (χ3v) is 5.48. The smallest absolute Gasteiger partial charge is 0.255 e. The minimum Gasteiger partial charge on any atom is -0.493 e. The number of ether oxygens (including phenoxy) is 2. The number of rotatable bonds is 8. The fourth-order valence-corrected chi connectivity index (χ4v) is 3.39. The van der Waals surface area contributed by atoms with E-state index in [1.807, 2.05) is 0 Å². The first kappa shape index (κ1) is 21.3. The summed E-state index contributed by atoms with van der Waals surface area (Å²) in [6.45, 7) is -0.461. The van der Waals surface area contributed by atoms with Crippen LogP contribution in [-0.2, 0) is 14.8 Å². The largest absolute Gasteiger partial charge is 0.493 e. The molecule has 0 heterocycles.